The van der Waals surface area contributed by atoms with Gasteiger partial charge >= 0.3 is 6.03 Å². The summed E-state index contributed by atoms with van der Waals surface area (Å²) in [5, 5.41) is 2.93. The zero-order valence-corrected chi connectivity index (χ0v) is 15.5. The number of nitrogens with zero attached hydrogens (tertiary/aromatic N) is 1. The van der Waals surface area contributed by atoms with Crippen molar-refractivity contribution in [3.05, 3.63) is 65.2 Å². The summed E-state index contributed by atoms with van der Waals surface area (Å²) in [6, 6.07) is 15.1. The summed E-state index contributed by atoms with van der Waals surface area (Å²) in [7, 11) is 0. The molecule has 1 aliphatic carbocycles. The lowest BCUT2D eigenvalue weighted by molar-refractivity contribution is 0.1000. The van der Waals surface area contributed by atoms with Gasteiger partial charge in [-0.15, -0.1) is 0 Å². The Labute approximate surface area is 159 Å². The number of nitrogens with one attached hydrogen (secondary N) is 1. The SMILES string of the molecule is Cc1cccc(OCCNC(=O)N(Cc2ccc(C(N)=O)cc2)C2CC2)c1. The smallest absolute Gasteiger partial charge is 0.318 e. The van der Waals surface area contributed by atoms with Gasteiger partial charge in [0.1, 0.15) is 12.4 Å². The Kier molecular flexibility index (Phi) is 5.96. The van der Waals surface area contributed by atoms with Gasteiger partial charge in [-0.05, 0) is 55.2 Å². The fourth-order valence-electron chi connectivity index (χ4n) is 2.86. The zero-order chi connectivity index (χ0) is 19.2. The second kappa shape index (κ2) is 8.58. The van der Waals surface area contributed by atoms with Crippen LogP contribution in [-0.4, -0.2) is 36.0 Å². The van der Waals surface area contributed by atoms with E-state index in [0.717, 1.165) is 29.7 Å². The molecule has 6 heteroatoms. The van der Waals surface area contributed by atoms with Crippen LogP contribution in [0.1, 0.15) is 34.3 Å². The zero-order valence-electron chi connectivity index (χ0n) is 15.5. The molecule has 2 aromatic rings. The number of carbonyl (C=O) groups excluding carboxylic acids is 2. The van der Waals surface area contributed by atoms with E-state index in [1.165, 1.54) is 0 Å². The molecule has 0 radical (unpaired) electrons. The molecule has 0 aromatic heterocycles. The van der Waals surface area contributed by atoms with Crippen LogP contribution in [0.25, 0.3) is 0 Å². The maximum atomic E-state index is 12.6. The van der Waals surface area contributed by atoms with Crippen molar-refractivity contribution in [3.8, 4) is 5.75 Å². The predicted molar refractivity (Wildman–Crippen MR) is 104 cm³/mol. The number of carbonyl (C=O) groups is 2. The van der Waals surface area contributed by atoms with Gasteiger partial charge < -0.3 is 20.7 Å². The first kappa shape index (κ1) is 18.8. The molecule has 3 N–H and O–H groups in total. The first-order chi connectivity index (χ1) is 13.0. The van der Waals surface area contributed by atoms with Crippen molar-refractivity contribution in [3.63, 3.8) is 0 Å². The molecule has 142 valence electrons. The van der Waals surface area contributed by atoms with E-state index in [0.29, 0.717) is 25.3 Å². The van der Waals surface area contributed by atoms with Crippen LogP contribution < -0.4 is 15.8 Å². The predicted octanol–water partition coefficient (Wildman–Crippen LogP) is 2.85. The van der Waals surface area contributed by atoms with E-state index in [4.69, 9.17) is 10.5 Å². The van der Waals surface area contributed by atoms with Crippen molar-refractivity contribution < 1.29 is 14.3 Å². The van der Waals surface area contributed by atoms with Gasteiger partial charge in [0.05, 0.1) is 6.54 Å². The van der Waals surface area contributed by atoms with Crippen LogP contribution in [0.15, 0.2) is 48.5 Å². The molecule has 3 amide bonds. The first-order valence-corrected chi connectivity index (χ1v) is 9.15. The summed E-state index contributed by atoms with van der Waals surface area (Å²) < 4.78 is 5.67. The number of hydrogen-bond donors (Lipinski definition) is 2. The minimum absolute atomic E-state index is 0.0932. The van der Waals surface area contributed by atoms with Gasteiger partial charge in [-0.1, -0.05) is 24.3 Å². The standard InChI is InChI=1S/C21H25N3O3/c1-15-3-2-4-19(13-15)27-12-11-23-21(26)24(18-9-10-18)14-16-5-7-17(8-6-16)20(22)25/h2-8,13,18H,9-12,14H2,1H3,(H2,22,25)(H,23,26). The summed E-state index contributed by atoms with van der Waals surface area (Å²) in [6.07, 6.45) is 2.04. The molecule has 0 atom stereocenters. The van der Waals surface area contributed by atoms with Crippen LogP contribution in [0.5, 0.6) is 5.75 Å². The average Bonchev–Trinajstić information content (AvgIpc) is 3.48. The molecule has 1 aliphatic rings. The number of primary amides is 1. The molecule has 27 heavy (non-hydrogen) atoms. The van der Waals surface area contributed by atoms with Crippen LogP contribution in [0.4, 0.5) is 4.79 Å². The van der Waals surface area contributed by atoms with Gasteiger partial charge in [-0.3, -0.25) is 4.79 Å². The highest BCUT2D eigenvalue weighted by atomic mass is 16.5. The Hall–Kier alpha value is -3.02. The van der Waals surface area contributed by atoms with E-state index in [1.54, 1.807) is 12.1 Å². The van der Waals surface area contributed by atoms with Gasteiger partial charge in [0.2, 0.25) is 5.91 Å². The fraction of sp³-hybridized carbons (Fsp3) is 0.333. The molecule has 1 fully saturated rings. The monoisotopic (exact) mass is 367 g/mol. The Bertz CT molecular complexity index is 801. The Morgan fingerprint density at radius 1 is 1.19 bits per heavy atom. The lowest BCUT2D eigenvalue weighted by atomic mass is 10.1. The van der Waals surface area contributed by atoms with Gasteiger partial charge in [0.15, 0.2) is 0 Å². The molecule has 0 bridgehead atoms. The summed E-state index contributed by atoms with van der Waals surface area (Å²) in [5.74, 6) is 0.352. The molecule has 0 heterocycles. The van der Waals surface area contributed by atoms with Crippen LogP contribution in [0, 0.1) is 6.92 Å². The molecular formula is C21H25N3O3. The fourth-order valence-corrected chi connectivity index (χ4v) is 2.86. The number of ether oxygens (including phenoxy) is 1. The van der Waals surface area contributed by atoms with E-state index in [2.05, 4.69) is 5.32 Å². The van der Waals surface area contributed by atoms with Crippen molar-refractivity contribution in [1.82, 2.24) is 10.2 Å². The Morgan fingerprint density at radius 3 is 2.56 bits per heavy atom. The lowest BCUT2D eigenvalue weighted by Gasteiger charge is -2.23. The van der Waals surface area contributed by atoms with E-state index in [-0.39, 0.29) is 12.1 Å². The third kappa shape index (κ3) is 5.48. The number of hydrogen-bond acceptors (Lipinski definition) is 3. The minimum atomic E-state index is -0.452. The number of rotatable bonds is 8. The van der Waals surface area contributed by atoms with Crippen LogP contribution in [-0.2, 0) is 6.54 Å². The number of urea groups is 1. The minimum Gasteiger partial charge on any atom is -0.492 e. The molecule has 3 rings (SSSR count). The van der Waals surface area contributed by atoms with Crippen molar-refractivity contribution in [1.29, 1.82) is 0 Å². The molecular weight excluding hydrogens is 342 g/mol. The highest BCUT2D eigenvalue weighted by molar-refractivity contribution is 5.92. The third-order valence-electron chi connectivity index (χ3n) is 4.48. The van der Waals surface area contributed by atoms with Gasteiger partial charge in [-0.25, -0.2) is 4.79 Å². The van der Waals surface area contributed by atoms with Crippen molar-refractivity contribution in [2.75, 3.05) is 13.2 Å². The molecule has 6 nitrogen and oxygen atoms in total. The molecule has 0 saturated heterocycles. The topological polar surface area (TPSA) is 84.7 Å². The molecule has 0 spiro atoms. The normalized spacial score (nSPS) is 13.1. The quantitative estimate of drug-likeness (QED) is 0.704. The Morgan fingerprint density at radius 2 is 1.93 bits per heavy atom. The van der Waals surface area contributed by atoms with Crippen LogP contribution in [0.2, 0.25) is 0 Å². The second-order valence-electron chi connectivity index (χ2n) is 6.82. The van der Waals surface area contributed by atoms with E-state index >= 15 is 0 Å². The molecule has 2 aromatic carbocycles. The van der Waals surface area contributed by atoms with Crippen LogP contribution >= 0.6 is 0 Å². The lowest BCUT2D eigenvalue weighted by Crippen LogP contribution is -2.42. The number of amides is 3. The van der Waals surface area contributed by atoms with Gasteiger partial charge in [-0.2, -0.15) is 0 Å². The first-order valence-electron chi connectivity index (χ1n) is 9.15. The summed E-state index contributed by atoms with van der Waals surface area (Å²) in [6.45, 7) is 3.38. The highest BCUT2D eigenvalue weighted by Gasteiger charge is 2.32. The summed E-state index contributed by atoms with van der Waals surface area (Å²) in [5.41, 5.74) is 7.84. The maximum absolute atomic E-state index is 12.6. The molecule has 0 aliphatic heterocycles. The van der Waals surface area contributed by atoms with Gasteiger partial charge in [0, 0.05) is 18.2 Å². The number of aryl methyl sites for hydroxylation is 1. The van der Waals surface area contributed by atoms with E-state index < -0.39 is 5.91 Å². The van der Waals surface area contributed by atoms with E-state index in [9.17, 15) is 9.59 Å². The van der Waals surface area contributed by atoms with Crippen LogP contribution in [0.3, 0.4) is 0 Å². The van der Waals surface area contributed by atoms with Crippen molar-refractivity contribution >= 4 is 11.9 Å². The maximum Gasteiger partial charge on any atom is 0.318 e. The van der Waals surface area contributed by atoms with Crippen molar-refractivity contribution in [2.45, 2.75) is 32.4 Å². The number of nitrogens with two attached hydrogens (primary N) is 1. The third-order valence-corrected chi connectivity index (χ3v) is 4.48. The highest BCUT2D eigenvalue weighted by Crippen LogP contribution is 2.28. The molecule has 1 saturated carbocycles. The van der Waals surface area contributed by atoms with Crippen molar-refractivity contribution in [2.24, 2.45) is 5.73 Å². The Balaban J connectivity index is 1.49. The largest absolute Gasteiger partial charge is 0.492 e. The number of benzene rings is 2. The summed E-state index contributed by atoms with van der Waals surface area (Å²) >= 11 is 0. The van der Waals surface area contributed by atoms with Gasteiger partial charge in [0.25, 0.3) is 0 Å². The summed E-state index contributed by atoms with van der Waals surface area (Å²) in [4.78, 5) is 25.6. The second-order valence-corrected chi connectivity index (χ2v) is 6.82. The average molecular weight is 367 g/mol. The van der Waals surface area contributed by atoms with E-state index in [1.807, 2.05) is 48.2 Å². The molecule has 0 unspecified atom stereocenters.